The molecule has 23 heavy (non-hydrogen) atoms. The van der Waals surface area contributed by atoms with Crippen LogP contribution in [0.1, 0.15) is 12.8 Å². The molecule has 2 heterocycles. The van der Waals surface area contributed by atoms with Crippen LogP contribution in [0.25, 0.3) is 0 Å². The molecule has 2 fully saturated rings. The Morgan fingerprint density at radius 2 is 1.61 bits per heavy atom. The van der Waals surface area contributed by atoms with Crippen LogP contribution >= 0.6 is 0 Å². The van der Waals surface area contributed by atoms with E-state index in [0.29, 0.717) is 32.5 Å². The lowest BCUT2D eigenvalue weighted by molar-refractivity contribution is -0.0445. The summed E-state index contributed by atoms with van der Waals surface area (Å²) in [7, 11) is -6.95. The van der Waals surface area contributed by atoms with Gasteiger partial charge in [-0.15, -0.1) is 0 Å². The first-order valence-electron chi connectivity index (χ1n) is 7.42. The van der Waals surface area contributed by atoms with Crippen LogP contribution in [0.15, 0.2) is 34.1 Å². The lowest BCUT2D eigenvalue weighted by atomic mass is 10.0. The van der Waals surface area contributed by atoms with E-state index in [2.05, 4.69) is 5.32 Å². The maximum atomic E-state index is 12.7. The third kappa shape index (κ3) is 3.29. The van der Waals surface area contributed by atoms with Crippen LogP contribution < -0.4 is 5.32 Å². The highest BCUT2D eigenvalue weighted by molar-refractivity contribution is 7.90. The summed E-state index contributed by atoms with van der Waals surface area (Å²) in [5, 5.41) is 3.30. The van der Waals surface area contributed by atoms with Gasteiger partial charge >= 0.3 is 0 Å². The van der Waals surface area contributed by atoms with E-state index in [-0.39, 0.29) is 15.5 Å². The number of piperidine rings is 1. The number of ether oxygens (including phenoxy) is 1. The third-order valence-corrected chi connectivity index (χ3v) is 7.39. The zero-order chi connectivity index (χ0) is 16.7. The second kappa shape index (κ2) is 5.82. The quantitative estimate of drug-likeness (QED) is 0.827. The summed E-state index contributed by atoms with van der Waals surface area (Å²) in [6.45, 7) is 2.20. The molecule has 0 radical (unpaired) electrons. The van der Waals surface area contributed by atoms with Crippen LogP contribution in [0.4, 0.5) is 0 Å². The molecule has 1 spiro atoms. The maximum absolute atomic E-state index is 12.7. The minimum atomic E-state index is -3.62. The van der Waals surface area contributed by atoms with E-state index in [1.807, 2.05) is 0 Å². The monoisotopic (exact) mass is 360 g/mol. The van der Waals surface area contributed by atoms with Gasteiger partial charge in [0.1, 0.15) is 5.72 Å². The summed E-state index contributed by atoms with van der Waals surface area (Å²) >= 11 is 0. The molecule has 1 N–H and O–H groups in total. The normalized spacial score (nSPS) is 22.5. The zero-order valence-electron chi connectivity index (χ0n) is 12.9. The molecule has 0 atom stereocenters. The van der Waals surface area contributed by atoms with E-state index in [0.717, 1.165) is 12.8 Å². The molecule has 2 aliphatic heterocycles. The number of sulfonamides is 1. The molecule has 0 aromatic heterocycles. The molecule has 7 nitrogen and oxygen atoms in total. The fraction of sp³-hybridized carbons (Fsp3) is 0.571. The topological polar surface area (TPSA) is 92.8 Å². The second-order valence-electron chi connectivity index (χ2n) is 5.92. The van der Waals surface area contributed by atoms with Crippen molar-refractivity contribution in [2.45, 2.75) is 28.4 Å². The summed E-state index contributed by atoms with van der Waals surface area (Å²) in [4.78, 5) is 0.221. The fourth-order valence-electron chi connectivity index (χ4n) is 2.99. The average molecular weight is 360 g/mol. The maximum Gasteiger partial charge on any atom is 0.243 e. The summed E-state index contributed by atoms with van der Waals surface area (Å²) in [6, 6.07) is 5.35. The van der Waals surface area contributed by atoms with Crippen LogP contribution in [0, 0.1) is 0 Å². The van der Waals surface area contributed by atoms with Crippen molar-refractivity contribution in [3.8, 4) is 0 Å². The van der Waals surface area contributed by atoms with Crippen molar-refractivity contribution in [1.82, 2.24) is 9.62 Å². The molecular weight excluding hydrogens is 340 g/mol. The largest absolute Gasteiger partial charge is 0.359 e. The van der Waals surface area contributed by atoms with Gasteiger partial charge in [-0.05, 0) is 24.3 Å². The van der Waals surface area contributed by atoms with Crippen molar-refractivity contribution in [3.63, 3.8) is 0 Å². The Labute approximate surface area is 136 Å². The van der Waals surface area contributed by atoms with Gasteiger partial charge in [0, 0.05) is 38.7 Å². The highest BCUT2D eigenvalue weighted by Gasteiger charge is 2.41. The summed E-state index contributed by atoms with van der Waals surface area (Å²) < 4.78 is 55.4. The van der Waals surface area contributed by atoms with Gasteiger partial charge in [0.05, 0.1) is 16.4 Å². The number of hydrogen-bond acceptors (Lipinski definition) is 6. The van der Waals surface area contributed by atoms with Gasteiger partial charge in [0.25, 0.3) is 0 Å². The number of sulfone groups is 1. The Balaban J connectivity index is 1.77. The molecule has 1 aromatic carbocycles. The Hall–Kier alpha value is -1.00. The Kier molecular flexibility index (Phi) is 4.26. The molecule has 2 saturated heterocycles. The first-order chi connectivity index (χ1) is 10.7. The molecule has 0 unspecified atom stereocenters. The van der Waals surface area contributed by atoms with Crippen molar-refractivity contribution in [2.24, 2.45) is 0 Å². The lowest BCUT2D eigenvalue weighted by Gasteiger charge is -2.37. The van der Waals surface area contributed by atoms with E-state index in [1.165, 1.54) is 28.6 Å². The number of benzene rings is 1. The molecule has 2 aliphatic rings. The summed E-state index contributed by atoms with van der Waals surface area (Å²) in [5.41, 5.74) is -0.383. The van der Waals surface area contributed by atoms with E-state index in [1.54, 1.807) is 0 Å². The van der Waals surface area contributed by atoms with Crippen molar-refractivity contribution in [2.75, 3.05) is 32.5 Å². The minimum absolute atomic E-state index is 0.109. The molecule has 9 heteroatoms. The van der Waals surface area contributed by atoms with E-state index in [9.17, 15) is 16.8 Å². The van der Waals surface area contributed by atoms with Crippen molar-refractivity contribution in [1.29, 1.82) is 0 Å². The van der Waals surface area contributed by atoms with Crippen molar-refractivity contribution in [3.05, 3.63) is 24.3 Å². The first-order valence-corrected chi connectivity index (χ1v) is 10.8. The number of nitrogens with zero attached hydrogens (tertiary/aromatic N) is 1. The van der Waals surface area contributed by atoms with Gasteiger partial charge in [0.2, 0.25) is 10.0 Å². The van der Waals surface area contributed by atoms with Gasteiger partial charge < -0.3 is 4.74 Å². The third-order valence-electron chi connectivity index (χ3n) is 4.35. The molecule has 0 amide bonds. The van der Waals surface area contributed by atoms with Crippen LogP contribution in [-0.2, 0) is 24.6 Å². The van der Waals surface area contributed by atoms with E-state index < -0.39 is 19.9 Å². The lowest BCUT2D eigenvalue weighted by Crippen LogP contribution is -2.52. The van der Waals surface area contributed by atoms with Crippen LogP contribution in [0.2, 0.25) is 0 Å². The smallest absolute Gasteiger partial charge is 0.243 e. The first kappa shape index (κ1) is 16.8. The molecule has 0 bridgehead atoms. The summed E-state index contributed by atoms with van der Waals surface area (Å²) in [5.74, 6) is 0. The predicted octanol–water partition coefficient (Wildman–Crippen LogP) is 0.191. The molecule has 3 rings (SSSR count). The van der Waals surface area contributed by atoms with Crippen molar-refractivity contribution < 1.29 is 21.6 Å². The van der Waals surface area contributed by atoms with Gasteiger partial charge in [-0.25, -0.2) is 16.8 Å². The van der Waals surface area contributed by atoms with Crippen LogP contribution in [-0.4, -0.2) is 59.4 Å². The van der Waals surface area contributed by atoms with Crippen LogP contribution in [0.3, 0.4) is 0 Å². The Morgan fingerprint density at radius 1 is 1.04 bits per heavy atom. The van der Waals surface area contributed by atoms with Crippen LogP contribution in [0.5, 0.6) is 0 Å². The Morgan fingerprint density at radius 3 is 2.09 bits per heavy atom. The SMILES string of the molecule is CS(=O)(=O)c1ccc(S(=O)(=O)N2CCC3(CC2)NCCO3)cc1. The predicted molar refractivity (Wildman–Crippen MR) is 84.2 cm³/mol. The number of rotatable bonds is 3. The van der Waals surface area contributed by atoms with E-state index in [4.69, 9.17) is 4.74 Å². The van der Waals surface area contributed by atoms with Gasteiger partial charge in [-0.2, -0.15) is 4.31 Å². The van der Waals surface area contributed by atoms with Gasteiger partial charge in [-0.1, -0.05) is 0 Å². The molecular formula is C14H20N2O5S2. The molecule has 0 saturated carbocycles. The zero-order valence-corrected chi connectivity index (χ0v) is 14.5. The molecule has 0 aliphatic carbocycles. The second-order valence-corrected chi connectivity index (χ2v) is 9.87. The van der Waals surface area contributed by atoms with Gasteiger partial charge in [-0.3, -0.25) is 5.32 Å². The minimum Gasteiger partial charge on any atom is -0.359 e. The Bertz CT molecular complexity index is 771. The molecule has 1 aromatic rings. The molecule has 128 valence electrons. The average Bonchev–Trinajstić information content (AvgIpc) is 2.95. The standard InChI is InChI=1S/C14H20N2O5S2/c1-22(17,18)12-2-4-13(5-3-12)23(19,20)16-9-6-14(7-10-16)15-8-11-21-14/h2-5,15H,6-11H2,1H3. The highest BCUT2D eigenvalue weighted by Crippen LogP contribution is 2.29. The highest BCUT2D eigenvalue weighted by atomic mass is 32.2. The van der Waals surface area contributed by atoms with Crippen molar-refractivity contribution >= 4 is 19.9 Å². The van der Waals surface area contributed by atoms with Gasteiger partial charge in [0.15, 0.2) is 9.84 Å². The fourth-order valence-corrected chi connectivity index (χ4v) is 5.06. The number of nitrogens with one attached hydrogen (secondary N) is 1. The van der Waals surface area contributed by atoms with E-state index >= 15 is 0 Å². The number of hydrogen-bond donors (Lipinski definition) is 1. The summed E-state index contributed by atoms with van der Waals surface area (Å²) in [6.07, 6.45) is 2.30.